The van der Waals surface area contributed by atoms with Crippen molar-refractivity contribution in [1.29, 1.82) is 0 Å². The van der Waals surface area contributed by atoms with Gasteiger partial charge >= 0.3 is 0 Å². The number of amides is 1. The highest BCUT2D eigenvalue weighted by Gasteiger charge is 2.11. The second-order valence-corrected chi connectivity index (χ2v) is 5.20. The van der Waals surface area contributed by atoms with Gasteiger partial charge in [0.05, 0.1) is 12.2 Å². The summed E-state index contributed by atoms with van der Waals surface area (Å²) in [5.74, 6) is -1.02. The zero-order valence-electron chi connectivity index (χ0n) is 10.6. The van der Waals surface area contributed by atoms with E-state index in [4.69, 9.17) is 5.11 Å². The number of hydrogen-bond donors (Lipinski definition) is 2. The second kappa shape index (κ2) is 6.63. The predicted molar refractivity (Wildman–Crippen MR) is 77.6 cm³/mol. The summed E-state index contributed by atoms with van der Waals surface area (Å²) < 4.78 is 14.2. The van der Waals surface area contributed by atoms with Gasteiger partial charge in [0.25, 0.3) is 5.91 Å². The van der Waals surface area contributed by atoms with Gasteiger partial charge in [-0.05, 0) is 29.3 Å². The molecule has 0 aliphatic carbocycles. The van der Waals surface area contributed by atoms with E-state index < -0.39 is 11.7 Å². The molecule has 3 nitrogen and oxygen atoms in total. The predicted octanol–water partition coefficient (Wildman–Crippen LogP) is 3.01. The summed E-state index contributed by atoms with van der Waals surface area (Å²) in [5, 5.41) is 11.6. The first-order chi connectivity index (χ1) is 9.60. The minimum atomic E-state index is -0.562. The van der Waals surface area contributed by atoms with Crippen LogP contribution in [-0.4, -0.2) is 11.0 Å². The van der Waals surface area contributed by atoms with Crippen molar-refractivity contribution in [1.82, 2.24) is 5.32 Å². The molecule has 0 aromatic heterocycles. The molecule has 2 N–H and O–H groups in total. The van der Waals surface area contributed by atoms with E-state index in [0.717, 1.165) is 11.1 Å². The summed E-state index contributed by atoms with van der Waals surface area (Å²) >= 11 is 3.14. The molecule has 2 aromatic rings. The van der Waals surface area contributed by atoms with Crippen molar-refractivity contribution in [3.8, 4) is 0 Å². The lowest BCUT2D eigenvalue weighted by Gasteiger charge is -2.07. The largest absolute Gasteiger partial charge is 0.392 e. The highest BCUT2D eigenvalue weighted by atomic mass is 79.9. The molecule has 5 heteroatoms. The Kier molecular flexibility index (Phi) is 4.87. The summed E-state index contributed by atoms with van der Waals surface area (Å²) in [6.45, 7) is 0.288. The Hall–Kier alpha value is -1.72. The Morgan fingerprint density at radius 1 is 1.15 bits per heavy atom. The molecule has 0 heterocycles. The maximum Gasteiger partial charge on any atom is 0.254 e. The lowest BCUT2D eigenvalue weighted by atomic mass is 10.1. The number of aliphatic hydroxyl groups is 1. The van der Waals surface area contributed by atoms with Crippen LogP contribution in [0.15, 0.2) is 46.9 Å². The molecular weight excluding hydrogens is 325 g/mol. The molecule has 0 unspecified atom stereocenters. The number of benzene rings is 2. The van der Waals surface area contributed by atoms with Crippen LogP contribution in [0.4, 0.5) is 4.39 Å². The molecule has 0 atom stereocenters. The third-order valence-corrected chi connectivity index (χ3v) is 3.33. The maximum atomic E-state index is 13.6. The molecule has 0 spiro atoms. The monoisotopic (exact) mass is 337 g/mol. The van der Waals surface area contributed by atoms with Crippen molar-refractivity contribution < 1.29 is 14.3 Å². The summed E-state index contributed by atoms with van der Waals surface area (Å²) in [7, 11) is 0. The summed E-state index contributed by atoms with van der Waals surface area (Å²) in [4.78, 5) is 11.9. The number of carbonyl (C=O) groups is 1. The van der Waals surface area contributed by atoms with Crippen LogP contribution in [0.5, 0.6) is 0 Å². The first-order valence-corrected chi connectivity index (χ1v) is 6.81. The van der Waals surface area contributed by atoms with Crippen LogP contribution in [0.1, 0.15) is 21.5 Å². The maximum absolute atomic E-state index is 13.6. The minimum absolute atomic E-state index is 0.0141. The molecule has 0 radical (unpaired) electrons. The van der Waals surface area contributed by atoms with Gasteiger partial charge in [-0.3, -0.25) is 4.79 Å². The molecule has 1 amide bonds. The first-order valence-electron chi connectivity index (χ1n) is 6.02. The summed E-state index contributed by atoms with van der Waals surface area (Å²) in [5.41, 5.74) is 1.70. The molecule has 0 fully saturated rings. The second-order valence-electron chi connectivity index (χ2n) is 4.28. The van der Waals surface area contributed by atoms with E-state index in [0.29, 0.717) is 11.0 Å². The van der Waals surface area contributed by atoms with Crippen molar-refractivity contribution in [2.75, 3.05) is 0 Å². The summed E-state index contributed by atoms with van der Waals surface area (Å²) in [6.07, 6.45) is 0. The highest BCUT2D eigenvalue weighted by Crippen LogP contribution is 2.15. The zero-order chi connectivity index (χ0) is 14.5. The third-order valence-electron chi connectivity index (χ3n) is 2.83. The smallest absolute Gasteiger partial charge is 0.254 e. The molecule has 2 rings (SSSR count). The van der Waals surface area contributed by atoms with E-state index in [1.54, 1.807) is 18.2 Å². The van der Waals surface area contributed by atoms with Gasteiger partial charge in [0.2, 0.25) is 0 Å². The topological polar surface area (TPSA) is 49.3 Å². The minimum Gasteiger partial charge on any atom is -0.392 e. The zero-order valence-corrected chi connectivity index (χ0v) is 12.2. The summed E-state index contributed by atoms with van der Waals surface area (Å²) in [6, 6.07) is 11.5. The fourth-order valence-electron chi connectivity index (χ4n) is 1.71. The Labute approximate surface area is 124 Å². The van der Waals surface area contributed by atoms with Crippen LogP contribution in [0.2, 0.25) is 0 Å². The van der Waals surface area contributed by atoms with E-state index >= 15 is 0 Å². The molecule has 0 saturated heterocycles. The van der Waals surface area contributed by atoms with Gasteiger partial charge in [-0.25, -0.2) is 4.39 Å². The fraction of sp³-hybridized carbons (Fsp3) is 0.133. The first kappa shape index (κ1) is 14.7. The molecule has 0 aliphatic heterocycles. The van der Waals surface area contributed by atoms with Crippen LogP contribution in [0.3, 0.4) is 0 Å². The average molecular weight is 338 g/mol. The van der Waals surface area contributed by atoms with Crippen molar-refractivity contribution in [2.24, 2.45) is 0 Å². The van der Waals surface area contributed by atoms with Gasteiger partial charge in [0.1, 0.15) is 5.82 Å². The van der Waals surface area contributed by atoms with E-state index in [2.05, 4.69) is 21.2 Å². The molecule has 20 heavy (non-hydrogen) atoms. The molecule has 0 bridgehead atoms. The van der Waals surface area contributed by atoms with Gasteiger partial charge in [-0.2, -0.15) is 0 Å². The normalized spacial score (nSPS) is 10.3. The number of aliphatic hydroxyl groups excluding tert-OH is 1. The van der Waals surface area contributed by atoms with Gasteiger partial charge in [0, 0.05) is 11.0 Å². The van der Waals surface area contributed by atoms with Crippen LogP contribution < -0.4 is 5.32 Å². The van der Waals surface area contributed by atoms with Crippen LogP contribution in [0.25, 0.3) is 0 Å². The lowest BCUT2D eigenvalue weighted by molar-refractivity contribution is 0.0947. The fourth-order valence-corrected chi connectivity index (χ4v) is 2.05. The van der Waals surface area contributed by atoms with Crippen molar-refractivity contribution in [3.63, 3.8) is 0 Å². The molecule has 2 aromatic carbocycles. The standard InChI is InChI=1S/C15H13BrFNO2/c16-12-5-6-13(14(17)7-12)15(20)18-8-10-1-3-11(9-19)4-2-10/h1-7,19H,8-9H2,(H,18,20). The van der Waals surface area contributed by atoms with E-state index in [-0.39, 0.29) is 12.2 Å². The quantitative estimate of drug-likeness (QED) is 0.900. The van der Waals surface area contributed by atoms with Crippen LogP contribution >= 0.6 is 15.9 Å². The molecule has 104 valence electrons. The number of rotatable bonds is 4. The van der Waals surface area contributed by atoms with Crippen molar-refractivity contribution in [3.05, 3.63) is 69.4 Å². The van der Waals surface area contributed by atoms with E-state index in [1.807, 2.05) is 12.1 Å². The van der Waals surface area contributed by atoms with Crippen molar-refractivity contribution >= 4 is 21.8 Å². The highest BCUT2D eigenvalue weighted by molar-refractivity contribution is 9.10. The van der Waals surface area contributed by atoms with Crippen molar-refractivity contribution in [2.45, 2.75) is 13.2 Å². The van der Waals surface area contributed by atoms with Crippen LogP contribution in [0, 0.1) is 5.82 Å². The average Bonchev–Trinajstić information content (AvgIpc) is 2.45. The van der Waals surface area contributed by atoms with Gasteiger partial charge in [-0.15, -0.1) is 0 Å². The van der Waals surface area contributed by atoms with E-state index in [9.17, 15) is 9.18 Å². The SMILES string of the molecule is O=C(NCc1ccc(CO)cc1)c1ccc(Br)cc1F. The molecule has 0 saturated carbocycles. The molecule has 0 aliphatic rings. The Morgan fingerprint density at radius 3 is 2.40 bits per heavy atom. The Balaban J connectivity index is 2.00. The van der Waals surface area contributed by atoms with Crippen LogP contribution in [-0.2, 0) is 13.2 Å². The number of nitrogens with one attached hydrogen (secondary N) is 1. The van der Waals surface area contributed by atoms with Gasteiger partial charge < -0.3 is 10.4 Å². The Morgan fingerprint density at radius 2 is 1.80 bits per heavy atom. The number of hydrogen-bond acceptors (Lipinski definition) is 2. The van der Waals surface area contributed by atoms with E-state index in [1.165, 1.54) is 12.1 Å². The lowest BCUT2D eigenvalue weighted by Crippen LogP contribution is -2.23. The third kappa shape index (κ3) is 3.65. The molecular formula is C15H13BrFNO2. The van der Waals surface area contributed by atoms with Gasteiger partial charge in [0.15, 0.2) is 0 Å². The van der Waals surface area contributed by atoms with Gasteiger partial charge in [-0.1, -0.05) is 40.2 Å². The number of carbonyl (C=O) groups excluding carboxylic acids is 1. The number of halogens is 2. The Bertz CT molecular complexity index is 614.